The molecule has 0 unspecified atom stereocenters. The second-order valence-electron chi connectivity index (χ2n) is 13.5. The fraction of sp³-hybridized carbons (Fsp3) is 0.545. The van der Waals surface area contributed by atoms with Crippen molar-refractivity contribution in [3.8, 4) is 0 Å². The van der Waals surface area contributed by atoms with Gasteiger partial charge in [0.25, 0.3) is 0 Å². The highest BCUT2D eigenvalue weighted by atomic mass is 35.7. The van der Waals surface area contributed by atoms with Gasteiger partial charge in [-0.25, -0.2) is 0 Å². The van der Waals surface area contributed by atoms with E-state index in [1.165, 1.54) is 96.0 Å². The third-order valence-corrected chi connectivity index (χ3v) is 14.7. The summed E-state index contributed by atoms with van der Waals surface area (Å²) in [7, 11) is 0. The highest BCUT2D eigenvalue weighted by Gasteiger charge is 2.48. The third kappa shape index (κ3) is 13.1. The Morgan fingerprint density at radius 1 is 0.583 bits per heavy atom. The molecule has 0 spiro atoms. The van der Waals surface area contributed by atoms with E-state index in [1.54, 1.807) is 0 Å². The average Bonchev–Trinajstić information content (AvgIpc) is 3.09. The topological polar surface area (TPSA) is 18.5 Å². The number of halogens is 1. The summed E-state index contributed by atoms with van der Waals surface area (Å²) in [5, 5.41) is 3.83. The van der Waals surface area contributed by atoms with E-state index >= 15 is 0 Å². The molecule has 264 valence electrons. The third-order valence-electron chi connectivity index (χ3n) is 9.54. The van der Waals surface area contributed by atoms with Crippen molar-refractivity contribution in [1.29, 1.82) is 0 Å². The lowest BCUT2D eigenvalue weighted by Gasteiger charge is -2.24. The molecule has 3 rings (SSSR count). The maximum atomic E-state index is 7.94. The number of unbranched alkanes of at least 4 members (excludes halogenated alkanes) is 10. The summed E-state index contributed by atoms with van der Waals surface area (Å²) in [4.78, 5) is 0. The molecule has 4 heteroatoms. The fourth-order valence-corrected chi connectivity index (χ4v) is 11.6. The van der Waals surface area contributed by atoms with Gasteiger partial charge in [-0.2, -0.15) is 0 Å². The van der Waals surface area contributed by atoms with Crippen molar-refractivity contribution >= 4 is 33.8 Å². The zero-order valence-corrected chi connectivity index (χ0v) is 32.6. The van der Waals surface area contributed by atoms with Gasteiger partial charge < -0.3 is 9.47 Å². The number of rotatable bonds is 25. The van der Waals surface area contributed by atoms with E-state index in [0.29, 0.717) is 0 Å². The van der Waals surface area contributed by atoms with E-state index in [1.807, 2.05) is 0 Å². The summed E-state index contributed by atoms with van der Waals surface area (Å²) in [6.45, 7) is 10.5. The Bertz CT molecular complexity index is 1280. The molecular formula is C44H65ClO2P+. The van der Waals surface area contributed by atoms with Gasteiger partial charge in [-0.05, 0) is 119 Å². The molecule has 0 saturated heterocycles. The molecule has 0 bridgehead atoms. The lowest BCUT2D eigenvalue weighted by molar-refractivity contribution is -0.148. The SMILES string of the molecule is CCCCCCOC(CCCCC/C=C/CCCc1cccc([P+](Cl)(c2ccccc2C)c2ccccc2C)c1C)OCCCCCC. The van der Waals surface area contributed by atoms with Crippen LogP contribution in [0.4, 0.5) is 0 Å². The van der Waals surface area contributed by atoms with Crippen molar-refractivity contribution < 1.29 is 9.47 Å². The monoisotopic (exact) mass is 691 g/mol. The van der Waals surface area contributed by atoms with Gasteiger partial charge in [-0.3, -0.25) is 0 Å². The van der Waals surface area contributed by atoms with Crippen molar-refractivity contribution in [2.24, 2.45) is 0 Å². The summed E-state index contributed by atoms with van der Waals surface area (Å²) in [6, 6.07) is 24.2. The number of benzene rings is 3. The van der Waals surface area contributed by atoms with Gasteiger partial charge in [0.05, 0.1) is 0 Å². The Balaban J connectivity index is 1.47. The number of ether oxygens (including phenoxy) is 2. The molecule has 48 heavy (non-hydrogen) atoms. The van der Waals surface area contributed by atoms with Gasteiger partial charge in [0.15, 0.2) is 6.29 Å². The summed E-state index contributed by atoms with van der Waals surface area (Å²) in [5.41, 5.74) is 5.29. The van der Waals surface area contributed by atoms with Crippen molar-refractivity contribution in [3.05, 3.63) is 101 Å². The zero-order chi connectivity index (χ0) is 34.5. The lowest BCUT2D eigenvalue weighted by Crippen LogP contribution is -2.32. The lowest BCUT2D eigenvalue weighted by atomic mass is 10.0. The molecule has 2 nitrogen and oxygen atoms in total. The average molecular weight is 692 g/mol. The Morgan fingerprint density at radius 3 is 1.67 bits per heavy atom. The quantitative estimate of drug-likeness (QED) is 0.0381. The number of aryl methyl sites for hydroxylation is 3. The summed E-state index contributed by atoms with van der Waals surface area (Å²) in [5.74, 6) is 0. The first-order valence-electron chi connectivity index (χ1n) is 19.1. The predicted octanol–water partition coefficient (Wildman–Crippen LogP) is 12.4. The molecule has 0 saturated carbocycles. The maximum Gasteiger partial charge on any atom is 0.211 e. The maximum absolute atomic E-state index is 7.94. The summed E-state index contributed by atoms with van der Waals surface area (Å²) in [6.07, 6.45) is 23.8. The van der Waals surface area contributed by atoms with Crippen molar-refractivity contribution in [1.82, 2.24) is 0 Å². The Hall–Kier alpha value is -1.96. The van der Waals surface area contributed by atoms with Crippen LogP contribution in [-0.2, 0) is 15.9 Å². The van der Waals surface area contributed by atoms with Crippen molar-refractivity contribution in [2.45, 2.75) is 144 Å². The van der Waals surface area contributed by atoms with Gasteiger partial charge in [0.1, 0.15) is 27.2 Å². The number of allylic oxidation sites excluding steroid dienone is 2. The minimum Gasteiger partial charge on any atom is -0.353 e. The van der Waals surface area contributed by atoms with Gasteiger partial charge >= 0.3 is 0 Å². The first kappa shape index (κ1) is 40.5. The highest BCUT2D eigenvalue weighted by Crippen LogP contribution is 2.62. The first-order valence-corrected chi connectivity index (χ1v) is 21.8. The van der Waals surface area contributed by atoms with Crippen molar-refractivity contribution in [2.75, 3.05) is 13.2 Å². The second kappa shape index (κ2) is 23.4. The van der Waals surface area contributed by atoms with E-state index < -0.39 is 6.62 Å². The van der Waals surface area contributed by atoms with Crippen LogP contribution in [0.15, 0.2) is 78.9 Å². The molecular weight excluding hydrogens is 627 g/mol. The minimum atomic E-state index is -2.31. The van der Waals surface area contributed by atoms with Crippen LogP contribution in [-0.4, -0.2) is 19.5 Å². The molecule has 0 amide bonds. The van der Waals surface area contributed by atoms with E-state index in [-0.39, 0.29) is 6.29 Å². The van der Waals surface area contributed by atoms with Gasteiger partial charge in [-0.1, -0.05) is 119 Å². The van der Waals surface area contributed by atoms with E-state index in [0.717, 1.165) is 58.2 Å². The molecule has 3 aromatic carbocycles. The largest absolute Gasteiger partial charge is 0.353 e. The van der Waals surface area contributed by atoms with Crippen LogP contribution in [0.2, 0.25) is 0 Å². The van der Waals surface area contributed by atoms with Gasteiger partial charge in [0.2, 0.25) is 6.62 Å². The fourth-order valence-electron chi connectivity index (χ4n) is 6.58. The molecule has 0 fully saturated rings. The standard InChI is InChI=1S/C44H65ClO2P/c1-6-8-10-24-35-46-44(47-36-25-11-9-7-2)34-19-17-15-13-12-14-16-18-29-40-30-26-33-43(39(40)5)48(45,41-31-22-20-27-37(41)3)42-32-23-21-28-38(42)4/h12,14,20-23,26-28,30-33,44H,6-11,13,15-19,24-25,29,34-36H2,1-5H3/q+1/b14-12+. The van der Waals surface area contributed by atoms with Crippen LogP contribution in [0, 0.1) is 20.8 Å². The molecule has 0 aliphatic heterocycles. The number of hydrogen-bond acceptors (Lipinski definition) is 2. The molecule has 0 radical (unpaired) electrons. The molecule has 0 aliphatic rings. The summed E-state index contributed by atoms with van der Waals surface area (Å²) < 4.78 is 12.3. The molecule has 0 atom stereocenters. The van der Waals surface area contributed by atoms with Crippen LogP contribution in [0.25, 0.3) is 0 Å². The van der Waals surface area contributed by atoms with Crippen LogP contribution >= 0.6 is 17.9 Å². The Kier molecular flexibility index (Phi) is 19.8. The predicted molar refractivity (Wildman–Crippen MR) is 214 cm³/mol. The molecule has 0 N–H and O–H groups in total. The second-order valence-corrected chi connectivity index (χ2v) is 17.7. The van der Waals surface area contributed by atoms with E-state index in [4.69, 9.17) is 20.7 Å². The van der Waals surface area contributed by atoms with Crippen molar-refractivity contribution in [3.63, 3.8) is 0 Å². The number of hydrogen-bond donors (Lipinski definition) is 0. The molecule has 0 heterocycles. The van der Waals surface area contributed by atoms with E-state index in [9.17, 15) is 0 Å². The molecule has 0 aromatic heterocycles. The van der Waals surface area contributed by atoms with Gasteiger partial charge in [0, 0.05) is 13.2 Å². The smallest absolute Gasteiger partial charge is 0.211 e. The van der Waals surface area contributed by atoms with Crippen LogP contribution in [0.3, 0.4) is 0 Å². The molecule has 3 aromatic rings. The minimum absolute atomic E-state index is 0.0229. The zero-order valence-electron chi connectivity index (χ0n) is 31.0. The first-order chi connectivity index (χ1) is 23.4. The van der Waals surface area contributed by atoms with Crippen LogP contribution in [0.5, 0.6) is 0 Å². The van der Waals surface area contributed by atoms with Crippen LogP contribution < -0.4 is 15.9 Å². The highest BCUT2D eigenvalue weighted by molar-refractivity contribution is 8.15. The summed E-state index contributed by atoms with van der Waals surface area (Å²) >= 11 is 7.94. The van der Waals surface area contributed by atoms with Crippen LogP contribution in [0.1, 0.15) is 132 Å². The normalized spacial score (nSPS) is 12.1. The van der Waals surface area contributed by atoms with E-state index in [2.05, 4.69) is 114 Å². The van der Waals surface area contributed by atoms with Gasteiger partial charge in [-0.15, -0.1) is 0 Å². The molecule has 0 aliphatic carbocycles. The Labute approximate surface area is 300 Å². The Morgan fingerprint density at radius 2 is 1.10 bits per heavy atom.